The van der Waals surface area contributed by atoms with Crippen molar-refractivity contribution in [3.05, 3.63) is 21.4 Å². The Morgan fingerprint density at radius 2 is 2.17 bits per heavy atom. The average molecular weight is 372 g/mol. The topological polar surface area (TPSA) is 75.7 Å². The van der Waals surface area contributed by atoms with E-state index in [2.05, 4.69) is 5.32 Å². The van der Waals surface area contributed by atoms with Crippen LogP contribution in [0.15, 0.2) is 6.07 Å². The van der Waals surface area contributed by atoms with Crippen molar-refractivity contribution in [2.24, 2.45) is 0 Å². The minimum atomic E-state index is -0.505. The number of esters is 1. The van der Waals surface area contributed by atoms with Crippen LogP contribution in [0.2, 0.25) is 0 Å². The molecule has 0 saturated carbocycles. The van der Waals surface area contributed by atoms with Crippen LogP contribution in [-0.4, -0.2) is 52.5 Å². The standard InChI is InChI=1S/C14H16N2O4S3/c1-8-5-10(9(2)23-8)13(19)20-6-11(17)15-3-4-16-12(18)7-22-14(16)21/h5H,3-4,6-7H2,1-2H3,(H,15,17). The number of amides is 2. The van der Waals surface area contributed by atoms with Crippen LogP contribution in [0.4, 0.5) is 0 Å². The molecule has 0 aromatic carbocycles. The van der Waals surface area contributed by atoms with Gasteiger partial charge in [0.1, 0.15) is 4.32 Å². The van der Waals surface area contributed by atoms with Gasteiger partial charge in [0, 0.05) is 22.8 Å². The van der Waals surface area contributed by atoms with Gasteiger partial charge in [0.2, 0.25) is 5.91 Å². The van der Waals surface area contributed by atoms with Crippen LogP contribution in [0.1, 0.15) is 20.1 Å². The molecule has 1 saturated heterocycles. The lowest BCUT2D eigenvalue weighted by molar-refractivity contribution is -0.126. The van der Waals surface area contributed by atoms with Gasteiger partial charge in [-0.2, -0.15) is 0 Å². The minimum Gasteiger partial charge on any atom is -0.452 e. The van der Waals surface area contributed by atoms with E-state index in [1.807, 2.05) is 13.8 Å². The van der Waals surface area contributed by atoms with Crippen LogP contribution in [0, 0.1) is 13.8 Å². The van der Waals surface area contributed by atoms with Crippen LogP contribution < -0.4 is 5.32 Å². The van der Waals surface area contributed by atoms with Gasteiger partial charge in [-0.05, 0) is 19.9 Å². The van der Waals surface area contributed by atoms with E-state index in [0.717, 1.165) is 9.75 Å². The van der Waals surface area contributed by atoms with Gasteiger partial charge in [0.25, 0.3) is 5.91 Å². The van der Waals surface area contributed by atoms with Gasteiger partial charge in [-0.25, -0.2) is 4.79 Å². The number of aryl methyl sites for hydroxylation is 2. The normalized spacial score (nSPS) is 14.3. The first-order valence-electron chi connectivity index (χ1n) is 6.86. The van der Waals surface area contributed by atoms with Crippen molar-refractivity contribution < 1.29 is 19.1 Å². The van der Waals surface area contributed by atoms with Crippen LogP contribution in [0.5, 0.6) is 0 Å². The Balaban J connectivity index is 1.71. The molecule has 0 spiro atoms. The number of ether oxygens (including phenoxy) is 1. The summed E-state index contributed by atoms with van der Waals surface area (Å²) in [5, 5.41) is 2.60. The first-order chi connectivity index (χ1) is 10.9. The second-order valence-corrected chi connectivity index (χ2v) is 7.92. The van der Waals surface area contributed by atoms with Crippen molar-refractivity contribution in [2.45, 2.75) is 13.8 Å². The summed E-state index contributed by atoms with van der Waals surface area (Å²) in [5.74, 6) is -0.615. The number of thiocarbonyl (C=S) groups is 1. The molecule has 1 aromatic rings. The lowest BCUT2D eigenvalue weighted by Gasteiger charge is -2.15. The van der Waals surface area contributed by atoms with Crippen molar-refractivity contribution in [3.63, 3.8) is 0 Å². The van der Waals surface area contributed by atoms with Crippen LogP contribution in [-0.2, 0) is 14.3 Å². The Kier molecular flexibility index (Phi) is 6.14. The molecule has 0 unspecified atom stereocenters. The van der Waals surface area contributed by atoms with Crippen molar-refractivity contribution in [3.8, 4) is 0 Å². The van der Waals surface area contributed by atoms with Gasteiger partial charge in [-0.1, -0.05) is 24.0 Å². The average Bonchev–Trinajstić information content (AvgIpc) is 3.00. The number of nitrogens with zero attached hydrogens (tertiary/aromatic N) is 1. The monoisotopic (exact) mass is 372 g/mol. The van der Waals surface area contributed by atoms with Gasteiger partial charge in [-0.15, -0.1) is 11.3 Å². The fourth-order valence-electron chi connectivity index (χ4n) is 2.00. The predicted octanol–water partition coefficient (Wildman–Crippen LogP) is 1.50. The molecular formula is C14H16N2O4S3. The number of hydrogen-bond donors (Lipinski definition) is 1. The molecule has 0 bridgehead atoms. The Hall–Kier alpha value is -1.45. The molecule has 9 heteroatoms. The number of thioether (sulfide) groups is 1. The molecule has 2 amide bonds. The van der Waals surface area contributed by atoms with E-state index in [1.54, 1.807) is 6.07 Å². The Labute approximate surface area is 147 Å². The van der Waals surface area contributed by atoms with E-state index in [0.29, 0.717) is 22.2 Å². The highest BCUT2D eigenvalue weighted by atomic mass is 32.2. The smallest absolute Gasteiger partial charge is 0.339 e. The molecule has 2 rings (SSSR count). The Morgan fingerprint density at radius 3 is 2.74 bits per heavy atom. The summed E-state index contributed by atoms with van der Waals surface area (Å²) >= 11 is 7.86. The summed E-state index contributed by atoms with van der Waals surface area (Å²) in [7, 11) is 0. The van der Waals surface area contributed by atoms with Gasteiger partial charge >= 0.3 is 5.97 Å². The van der Waals surface area contributed by atoms with Gasteiger partial charge in [0.05, 0.1) is 11.3 Å². The molecular weight excluding hydrogens is 356 g/mol. The van der Waals surface area contributed by atoms with E-state index < -0.39 is 11.9 Å². The number of rotatable bonds is 6. The van der Waals surface area contributed by atoms with Crippen molar-refractivity contribution in [2.75, 3.05) is 25.4 Å². The predicted molar refractivity (Wildman–Crippen MR) is 93.9 cm³/mol. The van der Waals surface area contributed by atoms with Gasteiger partial charge < -0.3 is 10.1 Å². The van der Waals surface area contributed by atoms with Gasteiger partial charge in [0.15, 0.2) is 6.61 Å². The maximum atomic E-state index is 11.9. The van der Waals surface area contributed by atoms with Crippen molar-refractivity contribution in [1.29, 1.82) is 0 Å². The summed E-state index contributed by atoms with van der Waals surface area (Å²) in [6.07, 6.45) is 0. The first kappa shape index (κ1) is 17.9. The van der Waals surface area contributed by atoms with E-state index in [4.69, 9.17) is 17.0 Å². The summed E-state index contributed by atoms with van der Waals surface area (Å²) in [5.41, 5.74) is 0.491. The zero-order valence-electron chi connectivity index (χ0n) is 12.7. The van der Waals surface area contributed by atoms with Crippen molar-refractivity contribution >= 4 is 57.4 Å². The number of thiophene rings is 1. The molecule has 23 heavy (non-hydrogen) atoms. The quantitative estimate of drug-likeness (QED) is 0.602. The molecule has 6 nitrogen and oxygen atoms in total. The lowest BCUT2D eigenvalue weighted by Crippen LogP contribution is -2.38. The fourth-order valence-corrected chi connectivity index (χ4v) is 4.03. The number of hydrogen-bond acceptors (Lipinski definition) is 7. The summed E-state index contributed by atoms with van der Waals surface area (Å²) in [6, 6.07) is 1.75. The SMILES string of the molecule is Cc1cc(C(=O)OCC(=O)NCCN2C(=O)CSC2=S)c(C)s1. The zero-order valence-corrected chi connectivity index (χ0v) is 15.2. The van der Waals surface area contributed by atoms with Gasteiger partial charge in [-0.3, -0.25) is 14.5 Å². The molecule has 0 atom stereocenters. The molecule has 1 N–H and O–H groups in total. The van der Waals surface area contributed by atoms with E-state index >= 15 is 0 Å². The third-order valence-electron chi connectivity index (χ3n) is 3.09. The molecule has 2 heterocycles. The fraction of sp³-hybridized carbons (Fsp3) is 0.429. The molecule has 124 valence electrons. The number of carbonyl (C=O) groups excluding carboxylic acids is 3. The van der Waals surface area contributed by atoms with Crippen LogP contribution >= 0.6 is 35.3 Å². The minimum absolute atomic E-state index is 0.0519. The lowest BCUT2D eigenvalue weighted by atomic mass is 10.2. The maximum absolute atomic E-state index is 11.9. The van der Waals surface area contributed by atoms with E-state index in [9.17, 15) is 14.4 Å². The second kappa shape index (κ2) is 7.89. The molecule has 0 radical (unpaired) electrons. The van der Waals surface area contributed by atoms with E-state index in [-0.39, 0.29) is 19.1 Å². The van der Waals surface area contributed by atoms with Crippen molar-refractivity contribution in [1.82, 2.24) is 10.2 Å². The van der Waals surface area contributed by atoms with E-state index in [1.165, 1.54) is 28.0 Å². The Morgan fingerprint density at radius 1 is 1.43 bits per heavy atom. The highest BCUT2D eigenvalue weighted by Crippen LogP contribution is 2.21. The number of carbonyl (C=O) groups is 3. The second-order valence-electron chi connectivity index (χ2n) is 4.85. The first-order valence-corrected chi connectivity index (χ1v) is 9.07. The molecule has 1 aliphatic heterocycles. The highest BCUT2D eigenvalue weighted by Gasteiger charge is 2.26. The zero-order chi connectivity index (χ0) is 17.0. The van der Waals surface area contributed by atoms with Crippen LogP contribution in [0.3, 0.4) is 0 Å². The Bertz CT molecular complexity index is 640. The maximum Gasteiger partial charge on any atom is 0.339 e. The highest BCUT2D eigenvalue weighted by molar-refractivity contribution is 8.23. The number of nitrogens with one attached hydrogen (secondary N) is 1. The molecule has 1 fully saturated rings. The summed E-state index contributed by atoms with van der Waals surface area (Å²) in [4.78, 5) is 38.4. The third-order valence-corrected chi connectivity index (χ3v) is 5.49. The largest absolute Gasteiger partial charge is 0.452 e. The molecule has 0 aliphatic carbocycles. The third kappa shape index (κ3) is 4.76. The summed E-state index contributed by atoms with van der Waals surface area (Å²) < 4.78 is 5.52. The molecule has 1 aliphatic rings. The summed E-state index contributed by atoms with van der Waals surface area (Å²) in [6.45, 7) is 3.98. The molecule has 1 aromatic heterocycles. The van der Waals surface area contributed by atoms with Crippen LogP contribution in [0.25, 0.3) is 0 Å².